The SMILES string of the molecule is COc1ccc(C(O)C2(c3ccc(Cl)cc3)SCCCS2)cc1. The van der Waals surface area contributed by atoms with Crippen molar-refractivity contribution >= 4 is 35.1 Å². The van der Waals surface area contributed by atoms with E-state index in [2.05, 4.69) is 0 Å². The van der Waals surface area contributed by atoms with Crippen LogP contribution in [0.1, 0.15) is 23.7 Å². The fourth-order valence-electron chi connectivity index (χ4n) is 2.72. The third-order valence-electron chi connectivity index (χ3n) is 3.96. The molecule has 1 atom stereocenters. The van der Waals surface area contributed by atoms with Crippen molar-refractivity contribution in [3.8, 4) is 5.75 Å². The molecule has 1 heterocycles. The van der Waals surface area contributed by atoms with Gasteiger partial charge in [0.2, 0.25) is 0 Å². The number of methoxy groups -OCH3 is 1. The molecule has 2 aromatic rings. The van der Waals surface area contributed by atoms with Crippen LogP contribution in [-0.4, -0.2) is 23.7 Å². The van der Waals surface area contributed by atoms with Crippen molar-refractivity contribution in [2.45, 2.75) is 16.6 Å². The monoisotopic (exact) mass is 366 g/mol. The first-order chi connectivity index (χ1) is 11.2. The maximum atomic E-state index is 11.2. The smallest absolute Gasteiger partial charge is 0.118 e. The van der Waals surface area contributed by atoms with Crippen LogP contribution < -0.4 is 4.74 Å². The van der Waals surface area contributed by atoms with Crippen LogP contribution in [0.5, 0.6) is 5.75 Å². The van der Waals surface area contributed by atoms with Crippen LogP contribution >= 0.6 is 35.1 Å². The highest BCUT2D eigenvalue weighted by Gasteiger charge is 2.43. The maximum Gasteiger partial charge on any atom is 0.118 e. The van der Waals surface area contributed by atoms with E-state index in [9.17, 15) is 5.11 Å². The summed E-state index contributed by atoms with van der Waals surface area (Å²) in [5, 5.41) is 11.9. The molecule has 0 radical (unpaired) electrons. The predicted molar refractivity (Wildman–Crippen MR) is 101 cm³/mol. The number of hydrogen-bond acceptors (Lipinski definition) is 4. The van der Waals surface area contributed by atoms with E-state index in [0.29, 0.717) is 5.02 Å². The second kappa shape index (κ2) is 7.39. The Morgan fingerprint density at radius 1 is 1.04 bits per heavy atom. The highest BCUT2D eigenvalue weighted by atomic mass is 35.5. The van der Waals surface area contributed by atoms with Crippen LogP contribution in [0.15, 0.2) is 48.5 Å². The Morgan fingerprint density at radius 2 is 1.65 bits per heavy atom. The van der Waals surface area contributed by atoms with Gasteiger partial charge in [0.25, 0.3) is 0 Å². The molecule has 2 nitrogen and oxygen atoms in total. The molecule has 0 spiro atoms. The average Bonchev–Trinajstić information content (AvgIpc) is 2.62. The summed E-state index contributed by atoms with van der Waals surface area (Å²) in [5.41, 5.74) is 2.02. The quantitative estimate of drug-likeness (QED) is 0.814. The van der Waals surface area contributed by atoms with E-state index in [0.717, 1.165) is 28.4 Å². The molecule has 3 rings (SSSR count). The van der Waals surface area contributed by atoms with Gasteiger partial charge < -0.3 is 9.84 Å². The van der Waals surface area contributed by atoms with Crippen molar-refractivity contribution in [2.75, 3.05) is 18.6 Å². The van der Waals surface area contributed by atoms with Gasteiger partial charge in [0.1, 0.15) is 15.9 Å². The van der Waals surface area contributed by atoms with Crippen molar-refractivity contribution in [2.24, 2.45) is 0 Å². The van der Waals surface area contributed by atoms with Gasteiger partial charge in [0.15, 0.2) is 0 Å². The van der Waals surface area contributed by atoms with Gasteiger partial charge in [-0.25, -0.2) is 0 Å². The minimum Gasteiger partial charge on any atom is -0.497 e. The Balaban J connectivity index is 1.98. The summed E-state index contributed by atoms with van der Waals surface area (Å²) >= 11 is 9.68. The fourth-order valence-corrected chi connectivity index (χ4v) is 6.24. The third-order valence-corrected chi connectivity index (χ3v) is 7.68. The molecular weight excluding hydrogens is 348 g/mol. The number of halogens is 1. The summed E-state index contributed by atoms with van der Waals surface area (Å²) in [6, 6.07) is 15.5. The van der Waals surface area contributed by atoms with Crippen molar-refractivity contribution in [3.05, 3.63) is 64.7 Å². The van der Waals surface area contributed by atoms with Gasteiger partial charge in [0, 0.05) is 5.02 Å². The van der Waals surface area contributed by atoms with Gasteiger partial charge in [-0.3, -0.25) is 0 Å². The zero-order valence-corrected chi connectivity index (χ0v) is 15.3. The first-order valence-corrected chi connectivity index (χ1v) is 9.86. The summed E-state index contributed by atoms with van der Waals surface area (Å²) in [5.74, 6) is 2.89. The van der Waals surface area contributed by atoms with Crippen LogP contribution in [0.3, 0.4) is 0 Å². The van der Waals surface area contributed by atoms with Crippen LogP contribution in [0.4, 0.5) is 0 Å². The summed E-state index contributed by atoms with van der Waals surface area (Å²) in [4.78, 5) is 0. The van der Waals surface area contributed by atoms with Gasteiger partial charge in [-0.2, -0.15) is 0 Å². The normalized spacial score (nSPS) is 18.4. The first kappa shape index (κ1) is 17.0. The van der Waals surface area contributed by atoms with Crippen molar-refractivity contribution in [1.82, 2.24) is 0 Å². The highest BCUT2D eigenvalue weighted by Crippen LogP contribution is 2.57. The van der Waals surface area contributed by atoms with Crippen LogP contribution in [0.2, 0.25) is 5.02 Å². The van der Waals surface area contributed by atoms with E-state index in [1.807, 2.05) is 72.1 Å². The maximum absolute atomic E-state index is 11.2. The van der Waals surface area contributed by atoms with E-state index in [-0.39, 0.29) is 0 Å². The van der Waals surface area contributed by atoms with E-state index in [1.165, 1.54) is 6.42 Å². The van der Waals surface area contributed by atoms with Crippen molar-refractivity contribution in [1.29, 1.82) is 0 Å². The number of aliphatic hydroxyl groups is 1. The molecular formula is C18H19ClO2S2. The second-order valence-corrected chi connectivity index (χ2v) is 8.78. The van der Waals surface area contributed by atoms with E-state index >= 15 is 0 Å². The lowest BCUT2D eigenvalue weighted by atomic mass is 10.00. The zero-order chi connectivity index (χ0) is 16.3. The van der Waals surface area contributed by atoms with Crippen molar-refractivity contribution in [3.63, 3.8) is 0 Å². The van der Waals surface area contributed by atoms with Gasteiger partial charge in [-0.15, -0.1) is 23.5 Å². The molecule has 1 aliphatic heterocycles. The third kappa shape index (κ3) is 3.50. The molecule has 5 heteroatoms. The van der Waals surface area contributed by atoms with Gasteiger partial charge in [-0.05, 0) is 53.3 Å². The number of rotatable bonds is 4. The molecule has 1 unspecified atom stereocenters. The molecule has 1 aliphatic rings. The molecule has 23 heavy (non-hydrogen) atoms. The van der Waals surface area contributed by atoms with E-state index < -0.39 is 10.2 Å². The number of ether oxygens (including phenoxy) is 1. The predicted octanol–water partition coefficient (Wildman–Crippen LogP) is 5.11. The number of benzene rings is 2. The number of aliphatic hydroxyl groups excluding tert-OH is 1. The Morgan fingerprint density at radius 3 is 2.22 bits per heavy atom. The minimum absolute atomic E-state index is 0.391. The molecule has 0 aliphatic carbocycles. The molecule has 122 valence electrons. The minimum atomic E-state index is -0.593. The summed E-state index contributed by atoms with van der Waals surface area (Å²) in [6.45, 7) is 0. The number of hydrogen-bond donors (Lipinski definition) is 1. The lowest BCUT2D eigenvalue weighted by Crippen LogP contribution is -2.30. The highest BCUT2D eigenvalue weighted by molar-refractivity contribution is 8.18. The van der Waals surface area contributed by atoms with E-state index in [1.54, 1.807) is 7.11 Å². The van der Waals surface area contributed by atoms with E-state index in [4.69, 9.17) is 16.3 Å². The Bertz CT molecular complexity index is 637. The summed E-state index contributed by atoms with van der Waals surface area (Å²) in [6.07, 6.45) is 0.574. The average molecular weight is 367 g/mol. The Labute approximate surface area is 150 Å². The van der Waals surface area contributed by atoms with Crippen LogP contribution in [0.25, 0.3) is 0 Å². The molecule has 0 amide bonds. The van der Waals surface area contributed by atoms with Gasteiger partial charge in [-0.1, -0.05) is 35.9 Å². The van der Waals surface area contributed by atoms with Crippen LogP contribution in [-0.2, 0) is 4.08 Å². The molecule has 1 N–H and O–H groups in total. The summed E-state index contributed by atoms with van der Waals surface area (Å²) in [7, 11) is 1.65. The van der Waals surface area contributed by atoms with Gasteiger partial charge >= 0.3 is 0 Å². The molecule has 1 saturated heterocycles. The summed E-state index contributed by atoms with van der Waals surface area (Å²) < 4.78 is 4.82. The number of thioether (sulfide) groups is 2. The molecule has 2 aromatic carbocycles. The lowest BCUT2D eigenvalue weighted by Gasteiger charge is -2.40. The Kier molecular flexibility index (Phi) is 5.47. The lowest BCUT2D eigenvalue weighted by molar-refractivity contribution is 0.163. The zero-order valence-electron chi connectivity index (χ0n) is 12.9. The molecule has 0 saturated carbocycles. The molecule has 0 aromatic heterocycles. The molecule has 0 bridgehead atoms. The molecule has 1 fully saturated rings. The topological polar surface area (TPSA) is 29.5 Å². The van der Waals surface area contributed by atoms with Crippen LogP contribution in [0, 0.1) is 0 Å². The largest absolute Gasteiger partial charge is 0.497 e. The Hall–Kier alpha value is -0.810. The van der Waals surface area contributed by atoms with Gasteiger partial charge in [0.05, 0.1) is 7.11 Å². The van der Waals surface area contributed by atoms with Crippen molar-refractivity contribution < 1.29 is 9.84 Å². The second-order valence-electron chi connectivity index (χ2n) is 5.40. The standard InChI is InChI=1S/C18H19ClO2S2/c1-21-16-9-3-13(4-10-16)17(20)18(22-11-2-12-23-18)14-5-7-15(19)8-6-14/h3-10,17,20H,2,11-12H2,1H3. The fraction of sp³-hybridized carbons (Fsp3) is 0.333. The first-order valence-electron chi connectivity index (χ1n) is 7.52.